The zero-order chi connectivity index (χ0) is 12.3. The number of benzene rings is 2. The molecule has 0 saturated carbocycles. The number of carbonyl (C=O) groups is 1. The monoisotopic (exact) mass is 229 g/mol. The van der Waals surface area contributed by atoms with E-state index in [4.69, 9.17) is 0 Å². The van der Waals surface area contributed by atoms with E-state index in [0.717, 1.165) is 5.56 Å². The van der Waals surface area contributed by atoms with Crippen LogP contribution in [0.5, 0.6) is 0 Å². The van der Waals surface area contributed by atoms with Crippen LogP contribution in [0.2, 0.25) is 0 Å². The summed E-state index contributed by atoms with van der Waals surface area (Å²) in [4.78, 5) is 11.8. The lowest BCUT2D eigenvalue weighted by atomic mass is 10.1. The van der Waals surface area contributed by atoms with Crippen molar-refractivity contribution >= 4 is 11.6 Å². The van der Waals surface area contributed by atoms with E-state index in [9.17, 15) is 9.18 Å². The molecule has 17 heavy (non-hydrogen) atoms. The molecule has 1 N–H and O–H groups in total. The van der Waals surface area contributed by atoms with Crippen LogP contribution in [0.25, 0.3) is 0 Å². The molecule has 0 bridgehead atoms. The van der Waals surface area contributed by atoms with E-state index >= 15 is 0 Å². The molecule has 0 atom stereocenters. The molecule has 0 aliphatic rings. The van der Waals surface area contributed by atoms with Crippen LogP contribution in [0.3, 0.4) is 0 Å². The van der Waals surface area contributed by atoms with Crippen LogP contribution in [0.15, 0.2) is 48.5 Å². The highest BCUT2D eigenvalue weighted by atomic mass is 19.1. The Morgan fingerprint density at radius 1 is 1.00 bits per heavy atom. The van der Waals surface area contributed by atoms with Crippen LogP contribution >= 0.6 is 0 Å². The van der Waals surface area contributed by atoms with Crippen molar-refractivity contribution in [1.29, 1.82) is 0 Å². The largest absolute Gasteiger partial charge is 0.322 e. The van der Waals surface area contributed by atoms with Crippen molar-refractivity contribution in [2.45, 2.75) is 6.92 Å². The van der Waals surface area contributed by atoms with E-state index < -0.39 is 0 Å². The number of amides is 1. The van der Waals surface area contributed by atoms with Crippen molar-refractivity contribution < 1.29 is 9.18 Å². The lowest BCUT2D eigenvalue weighted by Crippen LogP contribution is -2.11. The molecule has 0 saturated heterocycles. The van der Waals surface area contributed by atoms with Crippen molar-refractivity contribution in [2.24, 2.45) is 0 Å². The average Bonchev–Trinajstić information content (AvgIpc) is 2.33. The lowest BCUT2D eigenvalue weighted by molar-refractivity contribution is 0.102. The minimum absolute atomic E-state index is 0.198. The number of aryl methyl sites for hydroxylation is 1. The molecule has 2 nitrogen and oxygen atoms in total. The van der Waals surface area contributed by atoms with E-state index in [2.05, 4.69) is 5.32 Å². The number of hydrogen-bond acceptors (Lipinski definition) is 1. The quantitative estimate of drug-likeness (QED) is 0.840. The summed E-state index contributed by atoms with van der Waals surface area (Å²) < 4.78 is 12.7. The molecule has 2 aromatic carbocycles. The highest BCUT2D eigenvalue weighted by Gasteiger charge is 2.05. The molecule has 2 aromatic rings. The lowest BCUT2D eigenvalue weighted by Gasteiger charge is -2.05. The second-order valence-electron chi connectivity index (χ2n) is 3.83. The van der Waals surface area contributed by atoms with E-state index in [1.54, 1.807) is 12.1 Å². The van der Waals surface area contributed by atoms with Crippen LogP contribution in [0, 0.1) is 12.7 Å². The molecule has 0 aliphatic carbocycles. The van der Waals surface area contributed by atoms with Gasteiger partial charge in [0.25, 0.3) is 5.91 Å². The number of carbonyl (C=O) groups excluding carboxylic acids is 1. The van der Waals surface area contributed by atoms with Crippen LogP contribution in [0.4, 0.5) is 10.1 Å². The first-order valence-corrected chi connectivity index (χ1v) is 5.29. The summed E-state index contributed by atoms with van der Waals surface area (Å²) in [5.41, 5.74) is 2.26. The van der Waals surface area contributed by atoms with Gasteiger partial charge in [0.1, 0.15) is 5.82 Å². The minimum Gasteiger partial charge on any atom is -0.322 e. The van der Waals surface area contributed by atoms with E-state index in [1.165, 1.54) is 24.3 Å². The van der Waals surface area contributed by atoms with Crippen molar-refractivity contribution in [3.8, 4) is 0 Å². The fourth-order valence-corrected chi connectivity index (χ4v) is 1.44. The Hall–Kier alpha value is -2.16. The van der Waals surface area contributed by atoms with Gasteiger partial charge in [-0.05, 0) is 43.3 Å². The molecule has 1 amide bonds. The normalized spacial score (nSPS) is 10.0. The second kappa shape index (κ2) is 4.78. The standard InChI is InChI=1S/C14H12FNO/c1-10-2-4-11(5-3-10)14(17)16-13-8-6-12(15)7-9-13/h2-9H,1H3,(H,16,17). The molecule has 3 heteroatoms. The van der Waals surface area contributed by atoms with Crippen molar-refractivity contribution in [1.82, 2.24) is 0 Å². The summed E-state index contributed by atoms with van der Waals surface area (Å²) in [5.74, 6) is -0.519. The molecule has 0 radical (unpaired) electrons. The number of halogens is 1. The number of anilines is 1. The number of rotatable bonds is 2. The van der Waals surface area contributed by atoms with Gasteiger partial charge in [-0.25, -0.2) is 4.39 Å². The topological polar surface area (TPSA) is 29.1 Å². The Kier molecular flexibility index (Phi) is 3.19. The Morgan fingerprint density at radius 3 is 2.18 bits per heavy atom. The van der Waals surface area contributed by atoms with E-state index in [0.29, 0.717) is 11.3 Å². The summed E-state index contributed by atoms with van der Waals surface area (Å²) in [6, 6.07) is 12.9. The maximum Gasteiger partial charge on any atom is 0.255 e. The first-order chi connectivity index (χ1) is 8.15. The van der Waals surface area contributed by atoms with Crippen LogP contribution in [-0.2, 0) is 0 Å². The highest BCUT2D eigenvalue weighted by Crippen LogP contribution is 2.11. The van der Waals surface area contributed by atoms with Crippen LogP contribution in [0.1, 0.15) is 15.9 Å². The van der Waals surface area contributed by atoms with E-state index in [1.807, 2.05) is 19.1 Å². The fraction of sp³-hybridized carbons (Fsp3) is 0.0714. The summed E-state index contributed by atoms with van der Waals surface area (Å²) in [7, 11) is 0. The predicted molar refractivity (Wildman–Crippen MR) is 65.5 cm³/mol. The van der Waals surface area contributed by atoms with Crippen LogP contribution in [-0.4, -0.2) is 5.91 Å². The van der Waals surface area contributed by atoms with Crippen LogP contribution < -0.4 is 5.32 Å². The molecular weight excluding hydrogens is 217 g/mol. The van der Waals surface area contributed by atoms with Crippen molar-refractivity contribution in [3.05, 3.63) is 65.5 Å². The Labute approximate surface area is 99.1 Å². The zero-order valence-electron chi connectivity index (χ0n) is 9.41. The summed E-state index contributed by atoms with van der Waals surface area (Å²) in [6.07, 6.45) is 0. The zero-order valence-corrected chi connectivity index (χ0v) is 9.41. The molecule has 2 rings (SSSR count). The number of hydrogen-bond donors (Lipinski definition) is 1. The van der Waals surface area contributed by atoms with Gasteiger partial charge in [-0.2, -0.15) is 0 Å². The summed E-state index contributed by atoms with van der Waals surface area (Å²) >= 11 is 0. The Morgan fingerprint density at radius 2 is 1.59 bits per heavy atom. The number of nitrogens with one attached hydrogen (secondary N) is 1. The maximum absolute atomic E-state index is 12.7. The molecule has 0 spiro atoms. The van der Waals surface area contributed by atoms with Gasteiger partial charge in [0, 0.05) is 11.3 Å². The third-order valence-electron chi connectivity index (χ3n) is 2.42. The summed E-state index contributed by atoms with van der Waals surface area (Å²) in [5, 5.41) is 2.70. The molecule has 0 heterocycles. The van der Waals surface area contributed by atoms with Gasteiger partial charge in [-0.3, -0.25) is 4.79 Å². The Bertz CT molecular complexity index is 517. The third-order valence-corrected chi connectivity index (χ3v) is 2.42. The molecule has 0 aromatic heterocycles. The van der Waals surface area contributed by atoms with Gasteiger partial charge in [0.2, 0.25) is 0 Å². The molecular formula is C14H12FNO. The van der Waals surface area contributed by atoms with Crippen molar-refractivity contribution in [2.75, 3.05) is 5.32 Å². The van der Waals surface area contributed by atoms with Crippen molar-refractivity contribution in [3.63, 3.8) is 0 Å². The predicted octanol–water partition coefficient (Wildman–Crippen LogP) is 3.39. The van der Waals surface area contributed by atoms with Gasteiger partial charge in [-0.15, -0.1) is 0 Å². The fourth-order valence-electron chi connectivity index (χ4n) is 1.44. The Balaban J connectivity index is 2.11. The summed E-state index contributed by atoms with van der Waals surface area (Å²) in [6.45, 7) is 1.96. The van der Waals surface area contributed by atoms with Gasteiger partial charge < -0.3 is 5.32 Å². The van der Waals surface area contributed by atoms with Gasteiger partial charge >= 0.3 is 0 Å². The first kappa shape index (κ1) is 11.3. The average molecular weight is 229 g/mol. The molecule has 86 valence electrons. The van der Waals surface area contributed by atoms with Gasteiger partial charge in [0.05, 0.1) is 0 Å². The third kappa shape index (κ3) is 2.91. The second-order valence-corrected chi connectivity index (χ2v) is 3.83. The smallest absolute Gasteiger partial charge is 0.255 e. The minimum atomic E-state index is -0.321. The van der Waals surface area contributed by atoms with Gasteiger partial charge in [-0.1, -0.05) is 17.7 Å². The molecule has 0 aliphatic heterocycles. The SMILES string of the molecule is Cc1ccc(C(=O)Nc2ccc(F)cc2)cc1. The van der Waals surface area contributed by atoms with Gasteiger partial charge in [0.15, 0.2) is 0 Å². The maximum atomic E-state index is 12.7. The van der Waals surface area contributed by atoms with E-state index in [-0.39, 0.29) is 11.7 Å². The highest BCUT2D eigenvalue weighted by molar-refractivity contribution is 6.04. The first-order valence-electron chi connectivity index (χ1n) is 5.29. The molecule has 0 fully saturated rings. The molecule has 0 unspecified atom stereocenters.